The summed E-state index contributed by atoms with van der Waals surface area (Å²) in [6.45, 7) is 4.09. The summed E-state index contributed by atoms with van der Waals surface area (Å²) in [6.07, 6.45) is 0. The average Bonchev–Trinajstić information content (AvgIpc) is 2.16. The average molecular weight is 273 g/mol. The van der Waals surface area contributed by atoms with E-state index in [1.807, 2.05) is 19.9 Å². The Morgan fingerprint density at radius 3 is 2.33 bits per heavy atom. The van der Waals surface area contributed by atoms with Crippen molar-refractivity contribution in [1.29, 1.82) is 0 Å². The highest BCUT2D eigenvalue weighted by Crippen LogP contribution is 2.27. The fourth-order valence-corrected chi connectivity index (χ4v) is 2.03. The molecule has 0 amide bonds. The molecular formula is C10H14BBrO3. The standard InChI is InChI=1S/C10H14BBrO3/c1-6(2)7-4-8(11(13)14)10(15-3)9(12)5-7/h4-6,13-14H,1-3H3. The summed E-state index contributed by atoms with van der Waals surface area (Å²) in [5, 5.41) is 18.4. The first kappa shape index (κ1) is 12.6. The van der Waals surface area contributed by atoms with Gasteiger partial charge in [0, 0.05) is 5.46 Å². The fourth-order valence-electron chi connectivity index (χ4n) is 1.38. The molecule has 0 aliphatic heterocycles. The highest BCUT2D eigenvalue weighted by Gasteiger charge is 2.20. The minimum absolute atomic E-state index is 0.324. The summed E-state index contributed by atoms with van der Waals surface area (Å²) in [7, 11) is -0.0176. The number of hydrogen-bond donors (Lipinski definition) is 2. The Kier molecular flexibility index (Phi) is 4.19. The Morgan fingerprint density at radius 2 is 1.93 bits per heavy atom. The number of halogens is 1. The molecule has 3 nitrogen and oxygen atoms in total. The molecule has 1 rings (SSSR count). The van der Waals surface area contributed by atoms with Gasteiger partial charge in [0.2, 0.25) is 0 Å². The largest absolute Gasteiger partial charge is 0.496 e. The highest BCUT2D eigenvalue weighted by molar-refractivity contribution is 9.10. The van der Waals surface area contributed by atoms with E-state index in [9.17, 15) is 10.0 Å². The van der Waals surface area contributed by atoms with Crippen LogP contribution in [0.25, 0.3) is 0 Å². The maximum atomic E-state index is 9.22. The number of ether oxygens (including phenoxy) is 1. The van der Waals surface area contributed by atoms with Crippen LogP contribution >= 0.6 is 15.9 Å². The van der Waals surface area contributed by atoms with Crippen molar-refractivity contribution in [3.8, 4) is 5.75 Å². The van der Waals surface area contributed by atoms with Crippen molar-refractivity contribution in [2.24, 2.45) is 0 Å². The number of rotatable bonds is 3. The maximum Gasteiger partial charge on any atom is 0.492 e. The molecule has 0 atom stereocenters. The number of methoxy groups -OCH3 is 1. The number of hydrogen-bond acceptors (Lipinski definition) is 3. The van der Waals surface area contributed by atoms with Gasteiger partial charge in [-0.1, -0.05) is 19.9 Å². The first-order valence-electron chi connectivity index (χ1n) is 4.70. The summed E-state index contributed by atoms with van der Waals surface area (Å²) in [5.41, 5.74) is 1.42. The maximum absolute atomic E-state index is 9.22. The molecule has 1 aromatic rings. The first-order valence-corrected chi connectivity index (χ1v) is 5.50. The fraction of sp³-hybridized carbons (Fsp3) is 0.400. The van der Waals surface area contributed by atoms with E-state index in [4.69, 9.17) is 4.74 Å². The second-order valence-corrected chi connectivity index (χ2v) is 4.51. The van der Waals surface area contributed by atoms with E-state index < -0.39 is 7.12 Å². The summed E-state index contributed by atoms with van der Waals surface area (Å²) in [4.78, 5) is 0. The Bertz CT molecular complexity index is 353. The van der Waals surface area contributed by atoms with Crippen LogP contribution in [-0.4, -0.2) is 24.3 Å². The monoisotopic (exact) mass is 272 g/mol. The van der Waals surface area contributed by atoms with Gasteiger partial charge < -0.3 is 14.8 Å². The predicted octanol–water partition coefficient (Wildman–Crippen LogP) is 1.26. The third-order valence-electron chi connectivity index (χ3n) is 2.24. The molecule has 5 heteroatoms. The van der Waals surface area contributed by atoms with Crippen molar-refractivity contribution < 1.29 is 14.8 Å². The van der Waals surface area contributed by atoms with E-state index in [0.29, 0.717) is 17.1 Å². The topological polar surface area (TPSA) is 49.7 Å². The van der Waals surface area contributed by atoms with E-state index >= 15 is 0 Å². The SMILES string of the molecule is COc1c(Br)cc(C(C)C)cc1B(O)O. The molecule has 15 heavy (non-hydrogen) atoms. The molecule has 82 valence electrons. The van der Waals surface area contributed by atoms with Crippen LogP contribution in [0.15, 0.2) is 16.6 Å². The van der Waals surface area contributed by atoms with Crippen LogP contribution in [0.2, 0.25) is 0 Å². The molecule has 0 aliphatic carbocycles. The van der Waals surface area contributed by atoms with Crippen LogP contribution in [0.5, 0.6) is 5.75 Å². The predicted molar refractivity (Wildman–Crippen MR) is 64.6 cm³/mol. The van der Waals surface area contributed by atoms with Gasteiger partial charge in [-0.25, -0.2) is 0 Å². The Labute approximate surface area is 98.4 Å². The van der Waals surface area contributed by atoms with Crippen molar-refractivity contribution in [3.05, 3.63) is 22.2 Å². The van der Waals surface area contributed by atoms with E-state index in [-0.39, 0.29) is 0 Å². The van der Waals surface area contributed by atoms with Gasteiger partial charge in [-0.3, -0.25) is 0 Å². The molecule has 0 unspecified atom stereocenters. The van der Waals surface area contributed by atoms with Crippen LogP contribution < -0.4 is 10.2 Å². The molecule has 0 heterocycles. The van der Waals surface area contributed by atoms with Crippen LogP contribution in [0.3, 0.4) is 0 Å². The van der Waals surface area contributed by atoms with Crippen molar-refractivity contribution in [1.82, 2.24) is 0 Å². The van der Waals surface area contributed by atoms with Gasteiger partial charge in [-0.05, 0) is 33.5 Å². The molecule has 0 radical (unpaired) electrons. The summed E-state index contributed by atoms with van der Waals surface area (Å²) in [6, 6.07) is 3.67. The van der Waals surface area contributed by atoms with Crippen molar-refractivity contribution >= 4 is 28.5 Å². The Hall–Kier alpha value is -0.515. The first-order chi connectivity index (χ1) is 6.97. The van der Waals surface area contributed by atoms with Crippen molar-refractivity contribution in [3.63, 3.8) is 0 Å². The molecule has 0 aliphatic rings. The Morgan fingerprint density at radius 1 is 1.33 bits per heavy atom. The van der Waals surface area contributed by atoms with Crippen molar-refractivity contribution in [2.45, 2.75) is 19.8 Å². The van der Waals surface area contributed by atoms with Gasteiger partial charge in [0.1, 0.15) is 5.75 Å². The third-order valence-corrected chi connectivity index (χ3v) is 2.83. The molecule has 0 aromatic heterocycles. The van der Waals surface area contributed by atoms with Gasteiger partial charge in [-0.2, -0.15) is 0 Å². The smallest absolute Gasteiger partial charge is 0.492 e. The minimum Gasteiger partial charge on any atom is -0.496 e. The lowest BCUT2D eigenvalue weighted by Gasteiger charge is -2.14. The molecule has 0 saturated carbocycles. The lowest BCUT2D eigenvalue weighted by molar-refractivity contribution is 0.401. The van der Waals surface area contributed by atoms with Crippen LogP contribution in [0.1, 0.15) is 25.3 Å². The van der Waals surface area contributed by atoms with Gasteiger partial charge >= 0.3 is 7.12 Å². The quantitative estimate of drug-likeness (QED) is 0.815. The second kappa shape index (κ2) is 5.01. The van der Waals surface area contributed by atoms with Gasteiger partial charge in [0.15, 0.2) is 0 Å². The van der Waals surface area contributed by atoms with Gasteiger partial charge in [0.05, 0.1) is 11.6 Å². The Balaban J connectivity index is 3.32. The molecule has 2 N–H and O–H groups in total. The minimum atomic E-state index is -1.52. The highest BCUT2D eigenvalue weighted by atomic mass is 79.9. The summed E-state index contributed by atoms with van der Waals surface area (Å²) < 4.78 is 5.84. The van der Waals surface area contributed by atoms with E-state index in [1.165, 1.54) is 7.11 Å². The van der Waals surface area contributed by atoms with Crippen LogP contribution in [0, 0.1) is 0 Å². The second-order valence-electron chi connectivity index (χ2n) is 3.65. The molecular weight excluding hydrogens is 259 g/mol. The van der Waals surface area contributed by atoms with E-state index in [2.05, 4.69) is 15.9 Å². The third kappa shape index (κ3) is 2.74. The van der Waals surface area contributed by atoms with Crippen LogP contribution in [0.4, 0.5) is 0 Å². The molecule has 0 bridgehead atoms. The summed E-state index contributed by atoms with van der Waals surface area (Å²) in [5.74, 6) is 0.791. The lowest BCUT2D eigenvalue weighted by atomic mass is 9.78. The molecule has 0 spiro atoms. The van der Waals surface area contributed by atoms with E-state index in [0.717, 1.165) is 10.0 Å². The van der Waals surface area contributed by atoms with Crippen molar-refractivity contribution in [2.75, 3.05) is 7.11 Å². The van der Waals surface area contributed by atoms with E-state index in [1.54, 1.807) is 6.07 Å². The molecule has 1 aromatic carbocycles. The number of benzene rings is 1. The zero-order valence-corrected chi connectivity index (χ0v) is 10.6. The zero-order chi connectivity index (χ0) is 11.6. The van der Waals surface area contributed by atoms with Gasteiger partial charge in [-0.15, -0.1) is 0 Å². The normalized spacial score (nSPS) is 10.6. The summed E-state index contributed by atoms with van der Waals surface area (Å²) >= 11 is 3.35. The molecule has 0 fully saturated rings. The zero-order valence-electron chi connectivity index (χ0n) is 8.99. The van der Waals surface area contributed by atoms with Crippen LogP contribution in [-0.2, 0) is 0 Å². The molecule has 0 saturated heterocycles. The lowest BCUT2D eigenvalue weighted by Crippen LogP contribution is -2.32. The van der Waals surface area contributed by atoms with Gasteiger partial charge in [0.25, 0.3) is 0 Å².